The lowest BCUT2D eigenvalue weighted by Gasteiger charge is -2.30. The Hall–Kier alpha value is -3.93. The zero-order chi connectivity index (χ0) is 64.0. The van der Waals surface area contributed by atoms with Gasteiger partial charge in [-0.3, -0.25) is 42.5 Å². The highest BCUT2D eigenvalue weighted by molar-refractivity contribution is 8.13. The molecule has 21 nitrogen and oxygen atoms in total. The summed E-state index contributed by atoms with van der Waals surface area (Å²) in [5, 5.41) is 35.2. The summed E-state index contributed by atoms with van der Waals surface area (Å²) in [4.78, 5) is 86.3. The molecule has 4 N–H and O–H groups in total. The summed E-state index contributed by atoms with van der Waals surface area (Å²) in [7, 11) is 3.11. The van der Waals surface area contributed by atoms with Gasteiger partial charge in [-0.05, 0) is 130 Å². The summed E-state index contributed by atoms with van der Waals surface area (Å²) >= 11 is 0. The van der Waals surface area contributed by atoms with Crippen LogP contribution >= 0.6 is 10.7 Å². The third-order valence-corrected chi connectivity index (χ3v) is 16.0. The molecule has 0 unspecified atom stereocenters. The number of aliphatic carboxylic acids is 3. The minimum Gasteiger partial charge on any atom is -0.481 e. The predicted molar refractivity (Wildman–Crippen MR) is 315 cm³/mol. The second-order valence-electron chi connectivity index (χ2n) is 23.8. The highest BCUT2D eigenvalue weighted by Crippen LogP contribution is 2.36. The van der Waals surface area contributed by atoms with Gasteiger partial charge in [0.1, 0.15) is 12.2 Å². The first-order valence-corrected chi connectivity index (χ1v) is 34.0. The van der Waals surface area contributed by atoms with E-state index >= 15 is 0 Å². The summed E-state index contributed by atoms with van der Waals surface area (Å²) in [6, 6.07) is 0. The number of methoxy groups -OCH3 is 4. The standard InChI is InChI=1S/C12H20O4.C10H16O4.C9H16O2.C8H16O3S.C7H14O.C7H12O.C5H8O4.CH3ClO2S/c1-8-5-4-6-9(7-8)10(11(13)15-2)12(14)16-3;1-6-3-2-4-7(5-6)8(9(11)12)10(13)14;1-7-3-2-4-8(5-7)6-9(10)11;1-7-4-3-5-8(6-7)11-12(2,9)10;2*1-6-3-2-4-7(8)5-6;1-8-4(6)3-5(7)9-2;1-5(2,3)4/h8-10H,4-7H2,1-3H3;6-8H,2-5H2,1H3,(H,11,12)(H,13,14);7-8H,2-6H2,1H3,(H,10,11);7-8H,3-6H2,1-2H3;6-8H,2-5H2,1H3;6H,2-5H2,1H3;3H2,1-2H3;1H3/t8-,9+;6-,7+;7-,8+;7-,8-;6-,7-;6-;;/m111111../s1. The Morgan fingerprint density at radius 1 is 0.518 bits per heavy atom. The molecule has 0 saturated heterocycles. The van der Waals surface area contributed by atoms with Gasteiger partial charge in [0.25, 0.3) is 10.1 Å². The second kappa shape index (κ2) is 44.5. The van der Waals surface area contributed by atoms with Crippen LogP contribution in [-0.2, 0) is 80.7 Å². The van der Waals surface area contributed by atoms with Crippen molar-refractivity contribution < 1.29 is 98.7 Å². The Kier molecular flexibility index (Phi) is 43.5. The molecular weight excluding hydrogens is 1140 g/mol. The van der Waals surface area contributed by atoms with E-state index in [9.17, 15) is 55.2 Å². The van der Waals surface area contributed by atoms with Crippen molar-refractivity contribution in [2.75, 3.05) is 41.0 Å². The van der Waals surface area contributed by atoms with Gasteiger partial charge < -0.3 is 39.4 Å². The summed E-state index contributed by atoms with van der Waals surface area (Å²) in [5.74, 6) is -2.48. The number of ether oxygens (including phenoxy) is 4. The molecule has 6 saturated carbocycles. The fourth-order valence-electron chi connectivity index (χ4n) is 11.4. The molecule has 0 aromatic heterocycles. The molecule has 11 atom stereocenters. The number of rotatable bonds is 12. The molecule has 0 aromatic rings. The number of aliphatic hydroxyl groups is 1. The number of esters is 4. The van der Waals surface area contributed by atoms with Crippen LogP contribution in [-0.4, -0.2) is 138 Å². The van der Waals surface area contributed by atoms with Crippen LogP contribution in [0.2, 0.25) is 0 Å². The van der Waals surface area contributed by atoms with E-state index in [1.54, 1.807) is 0 Å². The van der Waals surface area contributed by atoms with E-state index in [2.05, 4.69) is 64.2 Å². The third kappa shape index (κ3) is 44.2. The molecule has 0 amide bonds. The molecule has 6 aliphatic rings. The van der Waals surface area contributed by atoms with Gasteiger partial charge in [0.15, 0.2) is 11.8 Å². The van der Waals surface area contributed by atoms with Crippen molar-refractivity contribution in [3.63, 3.8) is 0 Å². The van der Waals surface area contributed by atoms with E-state index in [1.807, 2.05) is 6.92 Å². The van der Waals surface area contributed by atoms with E-state index in [0.29, 0.717) is 41.8 Å². The molecule has 0 aromatic carbocycles. The van der Waals surface area contributed by atoms with Gasteiger partial charge in [0.05, 0.1) is 53.2 Å². The van der Waals surface area contributed by atoms with Gasteiger partial charge in [-0.2, -0.15) is 8.42 Å². The molecule has 0 spiro atoms. The number of halogens is 1. The Morgan fingerprint density at radius 2 is 0.904 bits per heavy atom. The summed E-state index contributed by atoms with van der Waals surface area (Å²) in [5.41, 5.74) is 0. The maximum atomic E-state index is 11.6. The first kappa shape index (κ1) is 81.1. The topological polar surface area (TPSA) is 332 Å². The highest BCUT2D eigenvalue weighted by atomic mass is 35.7. The molecule has 6 fully saturated rings. The van der Waals surface area contributed by atoms with Crippen LogP contribution < -0.4 is 0 Å². The van der Waals surface area contributed by atoms with Crippen molar-refractivity contribution in [2.24, 2.45) is 65.1 Å². The summed E-state index contributed by atoms with van der Waals surface area (Å²) in [6.45, 7) is 12.9. The number of ketones is 1. The molecular formula is C59H105ClO21S2. The molecule has 6 aliphatic carbocycles. The minimum absolute atomic E-state index is 0.0127. The Balaban J connectivity index is 0. The number of carboxylic acids is 3. The maximum Gasteiger partial charge on any atom is 0.320 e. The predicted octanol–water partition coefficient (Wildman–Crippen LogP) is 10.4. The second-order valence-corrected chi connectivity index (χ2v) is 28.5. The maximum absolute atomic E-state index is 11.6. The van der Waals surface area contributed by atoms with Crippen molar-refractivity contribution in [1.29, 1.82) is 0 Å². The van der Waals surface area contributed by atoms with Crippen LogP contribution in [0.15, 0.2) is 0 Å². The Bertz CT molecular complexity index is 2080. The van der Waals surface area contributed by atoms with Crippen molar-refractivity contribution >= 4 is 77.4 Å². The van der Waals surface area contributed by atoms with Gasteiger partial charge >= 0.3 is 41.8 Å². The van der Waals surface area contributed by atoms with Crippen molar-refractivity contribution in [3.05, 3.63) is 0 Å². The average Bonchev–Trinajstić information content (AvgIpc) is 3.37. The average molecular weight is 1250 g/mol. The molecule has 0 heterocycles. The first-order valence-electron chi connectivity index (χ1n) is 29.5. The number of carbonyl (C=O) groups is 8. The van der Waals surface area contributed by atoms with E-state index in [1.165, 1.54) is 73.4 Å². The largest absolute Gasteiger partial charge is 0.481 e. The molecule has 6 rings (SSSR count). The molecule has 83 heavy (non-hydrogen) atoms. The normalized spacial score (nSPS) is 26.7. The molecule has 0 radical (unpaired) electrons. The summed E-state index contributed by atoms with van der Waals surface area (Å²) in [6.07, 6.45) is 27.0. The van der Waals surface area contributed by atoms with Crippen molar-refractivity contribution in [1.82, 2.24) is 0 Å². The van der Waals surface area contributed by atoms with E-state index in [-0.39, 0.29) is 30.5 Å². The first-order chi connectivity index (χ1) is 38.5. The van der Waals surface area contributed by atoms with Crippen LogP contribution in [0.4, 0.5) is 0 Å². The van der Waals surface area contributed by atoms with Crippen LogP contribution in [0.1, 0.15) is 208 Å². The Morgan fingerprint density at radius 3 is 1.22 bits per heavy atom. The Labute approximate surface area is 500 Å². The van der Waals surface area contributed by atoms with Gasteiger partial charge in [-0.25, -0.2) is 8.42 Å². The smallest absolute Gasteiger partial charge is 0.320 e. The lowest BCUT2D eigenvalue weighted by molar-refractivity contribution is -0.163. The molecule has 24 heteroatoms. The summed E-state index contributed by atoms with van der Waals surface area (Å²) < 4.78 is 63.0. The number of hydrogen-bond donors (Lipinski definition) is 4. The molecule has 0 bridgehead atoms. The number of aliphatic hydroxyl groups excluding tert-OH is 1. The lowest BCUT2D eigenvalue weighted by Crippen LogP contribution is -2.35. The van der Waals surface area contributed by atoms with E-state index in [0.717, 1.165) is 134 Å². The zero-order valence-electron chi connectivity index (χ0n) is 51.8. The van der Waals surface area contributed by atoms with Gasteiger partial charge in [0.2, 0.25) is 9.05 Å². The fourth-order valence-corrected chi connectivity index (χ4v) is 12.1. The van der Waals surface area contributed by atoms with Crippen LogP contribution in [0, 0.1) is 65.1 Å². The third-order valence-electron chi connectivity index (χ3n) is 15.4. The lowest BCUT2D eigenvalue weighted by atomic mass is 9.75. The van der Waals surface area contributed by atoms with Crippen molar-refractivity contribution in [2.45, 2.75) is 221 Å². The van der Waals surface area contributed by atoms with Crippen molar-refractivity contribution in [3.8, 4) is 0 Å². The van der Waals surface area contributed by atoms with Gasteiger partial charge in [0, 0.05) is 29.9 Å². The minimum atomic E-state index is -3.25. The molecule has 486 valence electrons. The number of carbonyl (C=O) groups excluding carboxylic acids is 5. The highest BCUT2D eigenvalue weighted by Gasteiger charge is 2.39. The van der Waals surface area contributed by atoms with Gasteiger partial charge in [-0.15, -0.1) is 0 Å². The quantitative estimate of drug-likeness (QED) is 0.0464. The number of Topliss-reactive ketones (excluding diaryl/α,β-unsaturated/α-hetero) is 1. The number of carboxylic acid groups (broad SMARTS) is 3. The fraction of sp³-hybridized carbons (Fsp3) is 0.864. The van der Waals surface area contributed by atoms with Crippen LogP contribution in [0.5, 0.6) is 0 Å². The van der Waals surface area contributed by atoms with E-state index in [4.69, 9.17) is 24.6 Å². The van der Waals surface area contributed by atoms with Gasteiger partial charge in [-0.1, -0.05) is 106 Å². The number of hydrogen-bond acceptors (Lipinski definition) is 18. The monoisotopic (exact) mass is 1250 g/mol. The SMILES string of the molecule is COC(=O)C(C(=O)OC)[C@H]1CCC[C@@H](C)C1.COC(=O)CC(=O)OC.CS(=O)(=O)Cl.C[C@@H]1CCCC(=O)C1.C[C@@H]1CCC[C@@H](O)C1.C[C@@H]1CCC[C@@H](OS(C)(=O)=O)C1.C[C@@H]1CCC[C@H](C(C(=O)O)C(=O)O)C1.C[C@@H]1CCC[C@H](CC(=O)O)C1. The van der Waals surface area contributed by atoms with Crippen LogP contribution in [0.25, 0.3) is 0 Å². The van der Waals surface area contributed by atoms with E-state index < -0.39 is 72.8 Å². The molecule has 0 aliphatic heterocycles. The van der Waals surface area contributed by atoms with Crippen LogP contribution in [0.3, 0.4) is 0 Å². The zero-order valence-corrected chi connectivity index (χ0v) is 54.2.